The number of nitrogen functional groups attached to an aromatic ring is 1. The molecule has 0 amide bonds. The van der Waals surface area contributed by atoms with E-state index in [1.54, 1.807) is 0 Å². The molecule has 1 aromatic rings. The molecule has 1 aliphatic rings. The summed E-state index contributed by atoms with van der Waals surface area (Å²) in [6.45, 7) is 0. The summed E-state index contributed by atoms with van der Waals surface area (Å²) in [4.78, 5) is 15.1. The molecule has 0 aromatic carbocycles. The summed E-state index contributed by atoms with van der Waals surface area (Å²) < 4.78 is 0. The Labute approximate surface area is 110 Å². The minimum absolute atomic E-state index is 0.103. The van der Waals surface area contributed by atoms with Crippen molar-refractivity contribution in [3.63, 3.8) is 0 Å². The normalized spacial score (nSPS) is 22.9. The number of anilines is 2. The molecule has 1 saturated carbocycles. The zero-order chi connectivity index (χ0) is 13.1. The van der Waals surface area contributed by atoms with Crippen LogP contribution in [0.2, 0.25) is 0 Å². The number of thioether (sulfide) groups is 1. The van der Waals surface area contributed by atoms with Gasteiger partial charge in [0.25, 0.3) is 0 Å². The van der Waals surface area contributed by atoms with Crippen molar-refractivity contribution in [1.29, 1.82) is 0 Å². The van der Waals surface area contributed by atoms with E-state index in [1.165, 1.54) is 25.1 Å². The zero-order valence-electron chi connectivity index (χ0n) is 10.2. The van der Waals surface area contributed by atoms with Gasteiger partial charge in [-0.15, -0.1) is 0 Å². The van der Waals surface area contributed by atoms with Gasteiger partial charge in [0.15, 0.2) is 0 Å². The van der Waals surface area contributed by atoms with E-state index in [-0.39, 0.29) is 11.3 Å². The number of hydrogen-bond donors (Lipinski definition) is 3. The van der Waals surface area contributed by atoms with E-state index in [1.807, 2.05) is 11.8 Å². The molecular weight excluding hydrogens is 250 g/mol. The Hall–Kier alpha value is -1.43. The Balaban J connectivity index is 2.14. The highest BCUT2D eigenvalue weighted by molar-refractivity contribution is 7.99. The Morgan fingerprint density at radius 1 is 1.61 bits per heavy atom. The smallest absolute Gasteiger partial charge is 0.337 e. The lowest BCUT2D eigenvalue weighted by molar-refractivity contribution is 0.0698. The summed E-state index contributed by atoms with van der Waals surface area (Å²) in [5.74, 6) is -0.432. The third-order valence-corrected chi connectivity index (χ3v) is 4.42. The van der Waals surface area contributed by atoms with Gasteiger partial charge in [-0.25, -0.2) is 9.78 Å². The van der Waals surface area contributed by atoms with Crippen molar-refractivity contribution < 1.29 is 9.90 Å². The minimum atomic E-state index is -1.02. The van der Waals surface area contributed by atoms with Crippen molar-refractivity contribution in [2.24, 2.45) is 0 Å². The number of carboxylic acids is 1. The number of carbonyl (C=O) groups is 1. The lowest BCUT2D eigenvalue weighted by Crippen LogP contribution is -2.26. The average Bonchev–Trinajstić information content (AvgIpc) is 2.78. The maximum absolute atomic E-state index is 11.0. The average molecular weight is 267 g/mol. The summed E-state index contributed by atoms with van der Waals surface area (Å²) >= 11 is 1.84. The van der Waals surface area contributed by atoms with Gasteiger partial charge in [0.1, 0.15) is 5.82 Å². The van der Waals surface area contributed by atoms with Crippen LogP contribution in [0.25, 0.3) is 0 Å². The van der Waals surface area contributed by atoms with Crippen molar-refractivity contribution in [1.82, 2.24) is 4.98 Å². The highest BCUT2D eigenvalue weighted by Gasteiger charge is 2.26. The summed E-state index contributed by atoms with van der Waals surface area (Å²) in [5.41, 5.74) is 5.88. The Morgan fingerprint density at radius 2 is 2.39 bits per heavy atom. The molecule has 0 aliphatic heterocycles. The fraction of sp³-hybridized carbons (Fsp3) is 0.500. The van der Waals surface area contributed by atoms with Crippen molar-refractivity contribution in [2.45, 2.75) is 30.6 Å². The number of aromatic carboxylic acids is 1. The van der Waals surface area contributed by atoms with E-state index < -0.39 is 5.97 Å². The molecule has 0 radical (unpaired) electrons. The van der Waals surface area contributed by atoms with Crippen molar-refractivity contribution in [2.75, 3.05) is 17.3 Å². The number of nitrogens with two attached hydrogens (primary N) is 1. The van der Waals surface area contributed by atoms with Crippen LogP contribution in [0.5, 0.6) is 0 Å². The van der Waals surface area contributed by atoms with Crippen LogP contribution in [0.1, 0.15) is 29.6 Å². The van der Waals surface area contributed by atoms with E-state index in [9.17, 15) is 4.79 Å². The highest BCUT2D eigenvalue weighted by Crippen LogP contribution is 2.30. The standard InChI is InChI=1S/C12H17N3O2S/c1-18-10-4-2-3-9(10)15-11-5-7(12(16)17)8(13)6-14-11/h5-6,9-10H,2-4,13H2,1H3,(H,14,15)(H,16,17). The SMILES string of the molecule is CSC1CCCC1Nc1cc(C(=O)O)c(N)cn1. The predicted octanol–water partition coefficient (Wildman–Crippen LogP) is 2.06. The second-order valence-electron chi connectivity index (χ2n) is 4.42. The maximum Gasteiger partial charge on any atom is 0.337 e. The van der Waals surface area contributed by atoms with Gasteiger partial charge in [-0.1, -0.05) is 6.42 Å². The molecule has 18 heavy (non-hydrogen) atoms. The molecule has 1 heterocycles. The number of hydrogen-bond acceptors (Lipinski definition) is 5. The highest BCUT2D eigenvalue weighted by atomic mass is 32.2. The van der Waals surface area contributed by atoms with E-state index >= 15 is 0 Å². The molecule has 1 fully saturated rings. The van der Waals surface area contributed by atoms with Gasteiger partial charge in [0, 0.05) is 11.3 Å². The van der Waals surface area contributed by atoms with Crippen LogP contribution in [-0.2, 0) is 0 Å². The summed E-state index contributed by atoms with van der Waals surface area (Å²) in [6, 6.07) is 1.87. The molecule has 6 heteroatoms. The third-order valence-electron chi connectivity index (χ3n) is 3.25. The second-order valence-corrected chi connectivity index (χ2v) is 5.49. The predicted molar refractivity (Wildman–Crippen MR) is 74.2 cm³/mol. The fourth-order valence-corrected chi connectivity index (χ4v) is 3.23. The monoisotopic (exact) mass is 267 g/mol. The molecule has 4 N–H and O–H groups in total. The molecule has 2 atom stereocenters. The largest absolute Gasteiger partial charge is 0.478 e. The van der Waals surface area contributed by atoms with Crippen molar-refractivity contribution >= 4 is 29.2 Å². The molecule has 98 valence electrons. The van der Waals surface area contributed by atoms with Crippen LogP contribution >= 0.6 is 11.8 Å². The molecule has 5 nitrogen and oxygen atoms in total. The van der Waals surface area contributed by atoms with Crippen LogP contribution in [0.4, 0.5) is 11.5 Å². The zero-order valence-corrected chi connectivity index (χ0v) is 11.0. The quantitative estimate of drug-likeness (QED) is 0.774. The second kappa shape index (κ2) is 5.48. The van der Waals surface area contributed by atoms with Gasteiger partial charge >= 0.3 is 5.97 Å². The number of aromatic nitrogens is 1. The summed E-state index contributed by atoms with van der Waals surface area (Å²) in [5, 5.41) is 12.9. The third kappa shape index (κ3) is 2.69. The van der Waals surface area contributed by atoms with Crippen molar-refractivity contribution in [3.8, 4) is 0 Å². The molecule has 0 spiro atoms. The van der Waals surface area contributed by atoms with Gasteiger partial charge in [0.2, 0.25) is 0 Å². The van der Waals surface area contributed by atoms with Gasteiger partial charge < -0.3 is 16.2 Å². The first-order valence-electron chi connectivity index (χ1n) is 5.90. The van der Waals surface area contributed by atoms with Crippen LogP contribution in [-0.4, -0.2) is 33.6 Å². The van der Waals surface area contributed by atoms with Gasteiger partial charge in [-0.05, 0) is 25.2 Å². The molecule has 0 saturated heterocycles. The topological polar surface area (TPSA) is 88.2 Å². The van der Waals surface area contributed by atoms with Gasteiger partial charge in [0.05, 0.1) is 17.4 Å². The van der Waals surface area contributed by atoms with E-state index in [4.69, 9.17) is 10.8 Å². The summed E-state index contributed by atoms with van der Waals surface area (Å²) in [7, 11) is 0. The van der Waals surface area contributed by atoms with E-state index in [0.717, 1.165) is 6.42 Å². The Morgan fingerprint density at radius 3 is 3.06 bits per heavy atom. The van der Waals surface area contributed by atoms with Gasteiger partial charge in [-0.3, -0.25) is 0 Å². The van der Waals surface area contributed by atoms with Crippen LogP contribution < -0.4 is 11.1 Å². The van der Waals surface area contributed by atoms with E-state index in [2.05, 4.69) is 16.6 Å². The molecule has 2 unspecified atom stereocenters. The van der Waals surface area contributed by atoms with Crippen LogP contribution in [0.3, 0.4) is 0 Å². The Bertz CT molecular complexity index is 453. The fourth-order valence-electron chi connectivity index (χ4n) is 2.29. The molecular formula is C12H17N3O2S. The van der Waals surface area contributed by atoms with Gasteiger partial charge in [-0.2, -0.15) is 11.8 Å². The van der Waals surface area contributed by atoms with E-state index in [0.29, 0.717) is 17.1 Å². The number of rotatable bonds is 4. The molecule has 1 aromatic heterocycles. The maximum atomic E-state index is 11.0. The van der Waals surface area contributed by atoms with Crippen molar-refractivity contribution in [3.05, 3.63) is 17.8 Å². The van der Waals surface area contributed by atoms with Crippen LogP contribution in [0.15, 0.2) is 12.3 Å². The summed E-state index contributed by atoms with van der Waals surface area (Å²) in [6.07, 6.45) is 6.99. The Kier molecular flexibility index (Phi) is 3.96. The minimum Gasteiger partial charge on any atom is -0.478 e. The number of carboxylic acid groups (broad SMARTS) is 1. The lowest BCUT2D eigenvalue weighted by atomic mass is 10.2. The lowest BCUT2D eigenvalue weighted by Gasteiger charge is -2.20. The molecule has 2 rings (SSSR count). The molecule has 1 aliphatic carbocycles. The first kappa shape index (κ1) is 13.0. The number of pyridine rings is 1. The first-order valence-corrected chi connectivity index (χ1v) is 7.18. The first-order chi connectivity index (χ1) is 8.61. The number of nitrogens with one attached hydrogen (secondary N) is 1. The number of nitrogens with zero attached hydrogens (tertiary/aromatic N) is 1. The van der Waals surface area contributed by atoms with Crippen LogP contribution in [0, 0.1) is 0 Å². The molecule has 0 bridgehead atoms.